The Hall–Kier alpha value is -2.63. The first kappa shape index (κ1) is 15.3. The maximum absolute atomic E-state index is 12.0. The van der Waals surface area contributed by atoms with Crippen molar-refractivity contribution in [1.29, 1.82) is 0 Å². The van der Waals surface area contributed by atoms with Crippen LogP contribution in [0.4, 0.5) is 11.6 Å². The fourth-order valence-corrected chi connectivity index (χ4v) is 2.64. The third-order valence-corrected chi connectivity index (χ3v) is 3.74. The van der Waals surface area contributed by atoms with E-state index in [1.807, 2.05) is 13.0 Å². The van der Waals surface area contributed by atoms with Crippen molar-refractivity contribution in [2.24, 2.45) is 0 Å². The summed E-state index contributed by atoms with van der Waals surface area (Å²) in [5.74, 6) is 0.0423. The van der Waals surface area contributed by atoms with Crippen molar-refractivity contribution in [3.8, 4) is 0 Å². The molecule has 1 heterocycles. The van der Waals surface area contributed by atoms with Gasteiger partial charge in [-0.25, -0.2) is 9.78 Å². The largest absolute Gasteiger partial charge is 0.462 e. The highest BCUT2D eigenvalue weighted by Gasteiger charge is 2.17. The number of aromatic nitrogens is 2. The molecule has 0 saturated heterocycles. The van der Waals surface area contributed by atoms with Crippen molar-refractivity contribution in [3.63, 3.8) is 0 Å². The highest BCUT2D eigenvalue weighted by molar-refractivity contribution is 5.90. The molecule has 1 aliphatic carbocycles. The Morgan fingerprint density at radius 1 is 1.39 bits per heavy atom. The van der Waals surface area contributed by atoms with Crippen LogP contribution in [0.2, 0.25) is 0 Å². The van der Waals surface area contributed by atoms with Crippen LogP contribution in [0.5, 0.6) is 0 Å². The molecule has 0 bridgehead atoms. The Bertz CT molecular complexity index is 783. The Balaban J connectivity index is 1.80. The second-order valence-corrected chi connectivity index (χ2v) is 5.54. The van der Waals surface area contributed by atoms with Gasteiger partial charge in [-0.2, -0.15) is 0 Å². The van der Waals surface area contributed by atoms with Crippen molar-refractivity contribution in [1.82, 2.24) is 9.97 Å². The lowest BCUT2D eigenvalue weighted by atomic mass is 10.2. The van der Waals surface area contributed by atoms with Crippen molar-refractivity contribution in [3.05, 3.63) is 51.4 Å². The molecule has 1 aromatic heterocycles. The van der Waals surface area contributed by atoms with Gasteiger partial charge in [0.25, 0.3) is 5.56 Å². The number of rotatable bonds is 5. The summed E-state index contributed by atoms with van der Waals surface area (Å²) < 4.78 is 5.12. The molecule has 3 rings (SSSR count). The third kappa shape index (κ3) is 3.41. The zero-order valence-corrected chi connectivity index (χ0v) is 13.0. The first-order valence-electron chi connectivity index (χ1n) is 7.83. The Morgan fingerprint density at radius 2 is 2.26 bits per heavy atom. The number of nitrogens with zero attached hydrogens (tertiary/aromatic N) is 1. The molecular weight excluding hydrogens is 294 g/mol. The summed E-state index contributed by atoms with van der Waals surface area (Å²) in [6, 6.07) is 6.95. The zero-order chi connectivity index (χ0) is 16.2. The summed E-state index contributed by atoms with van der Waals surface area (Å²) in [4.78, 5) is 31.1. The van der Waals surface area contributed by atoms with Gasteiger partial charge in [0.2, 0.25) is 5.95 Å². The molecule has 0 amide bonds. The van der Waals surface area contributed by atoms with Gasteiger partial charge in [-0.3, -0.25) is 9.78 Å². The van der Waals surface area contributed by atoms with Gasteiger partial charge < -0.3 is 10.1 Å². The smallest absolute Gasteiger partial charge is 0.338 e. The van der Waals surface area contributed by atoms with E-state index in [1.165, 1.54) is 0 Å². The number of benzene rings is 1. The van der Waals surface area contributed by atoms with Crippen molar-refractivity contribution < 1.29 is 9.53 Å². The topological polar surface area (TPSA) is 84.1 Å². The second kappa shape index (κ2) is 6.64. The van der Waals surface area contributed by atoms with Gasteiger partial charge in [-0.1, -0.05) is 13.0 Å². The molecule has 0 spiro atoms. The van der Waals surface area contributed by atoms with Crippen LogP contribution < -0.4 is 10.9 Å². The number of aromatic amines is 1. The number of esters is 1. The standard InChI is InChI=1S/C17H19N3O3/c1-2-9-23-16(22)11-5-3-6-12(10-11)18-17-19-14-8-4-7-13(14)15(21)20-17/h3,5-6,10H,2,4,7-9H2,1H3,(H2,18,19,20,21). The molecule has 0 atom stereocenters. The molecule has 1 aliphatic rings. The number of carbonyl (C=O) groups excluding carboxylic acids is 1. The van der Waals surface area contributed by atoms with Crippen LogP contribution in [-0.4, -0.2) is 22.5 Å². The fraction of sp³-hybridized carbons (Fsp3) is 0.353. The van der Waals surface area contributed by atoms with E-state index in [4.69, 9.17) is 4.74 Å². The molecule has 120 valence electrons. The lowest BCUT2D eigenvalue weighted by molar-refractivity contribution is 0.0505. The molecule has 0 saturated carbocycles. The number of aryl methyl sites for hydroxylation is 1. The molecule has 0 radical (unpaired) electrons. The van der Waals surface area contributed by atoms with E-state index in [-0.39, 0.29) is 11.5 Å². The number of carbonyl (C=O) groups is 1. The minimum atomic E-state index is -0.356. The van der Waals surface area contributed by atoms with Gasteiger partial charge in [0.15, 0.2) is 0 Å². The average Bonchev–Trinajstić information content (AvgIpc) is 3.02. The zero-order valence-electron chi connectivity index (χ0n) is 13.0. The maximum Gasteiger partial charge on any atom is 0.338 e. The first-order valence-corrected chi connectivity index (χ1v) is 7.83. The molecule has 6 nitrogen and oxygen atoms in total. The van der Waals surface area contributed by atoms with Gasteiger partial charge in [0, 0.05) is 11.3 Å². The van der Waals surface area contributed by atoms with Gasteiger partial charge in [-0.15, -0.1) is 0 Å². The van der Waals surface area contributed by atoms with E-state index in [1.54, 1.807) is 18.2 Å². The van der Waals surface area contributed by atoms with E-state index < -0.39 is 0 Å². The average molecular weight is 313 g/mol. The first-order chi connectivity index (χ1) is 11.2. The second-order valence-electron chi connectivity index (χ2n) is 5.54. The summed E-state index contributed by atoms with van der Waals surface area (Å²) in [6.07, 6.45) is 3.37. The molecule has 1 aromatic carbocycles. The molecule has 23 heavy (non-hydrogen) atoms. The summed E-state index contributed by atoms with van der Waals surface area (Å²) in [5.41, 5.74) is 2.69. The monoisotopic (exact) mass is 313 g/mol. The van der Waals surface area contributed by atoms with Gasteiger partial charge in [0.05, 0.1) is 17.9 Å². The Morgan fingerprint density at radius 3 is 3.09 bits per heavy atom. The number of hydrogen-bond acceptors (Lipinski definition) is 5. The molecule has 2 aromatic rings. The number of fused-ring (bicyclic) bond motifs is 1. The summed E-state index contributed by atoms with van der Waals surface area (Å²) in [6.45, 7) is 2.34. The van der Waals surface area contributed by atoms with Crippen LogP contribution >= 0.6 is 0 Å². The van der Waals surface area contributed by atoms with E-state index in [9.17, 15) is 9.59 Å². The molecule has 6 heteroatoms. The number of ether oxygens (including phenoxy) is 1. The van der Waals surface area contributed by atoms with Crippen LogP contribution in [0, 0.1) is 0 Å². The lowest BCUT2D eigenvalue weighted by Crippen LogP contribution is -2.16. The van der Waals surface area contributed by atoms with E-state index in [2.05, 4.69) is 15.3 Å². The lowest BCUT2D eigenvalue weighted by Gasteiger charge is -2.09. The molecular formula is C17H19N3O3. The molecule has 0 aliphatic heterocycles. The number of hydrogen-bond donors (Lipinski definition) is 2. The van der Waals surface area contributed by atoms with Crippen molar-refractivity contribution in [2.45, 2.75) is 32.6 Å². The minimum Gasteiger partial charge on any atom is -0.462 e. The molecule has 0 unspecified atom stereocenters. The minimum absolute atomic E-state index is 0.0893. The molecule has 0 fully saturated rings. The van der Waals surface area contributed by atoms with Gasteiger partial charge >= 0.3 is 5.97 Å². The van der Waals surface area contributed by atoms with Crippen LogP contribution in [-0.2, 0) is 17.6 Å². The summed E-state index contributed by atoms with van der Waals surface area (Å²) in [7, 11) is 0. The van der Waals surface area contributed by atoms with Crippen LogP contribution in [0.3, 0.4) is 0 Å². The Kier molecular flexibility index (Phi) is 4.41. The van der Waals surface area contributed by atoms with Crippen LogP contribution in [0.15, 0.2) is 29.1 Å². The summed E-state index contributed by atoms with van der Waals surface area (Å²) in [5, 5.41) is 3.05. The SMILES string of the molecule is CCCOC(=O)c1cccc(Nc2nc3c(c(=O)[nH]2)CCC3)c1. The Labute approximate surface area is 133 Å². The fourth-order valence-electron chi connectivity index (χ4n) is 2.64. The van der Waals surface area contributed by atoms with E-state index in [0.29, 0.717) is 23.8 Å². The quantitative estimate of drug-likeness (QED) is 0.829. The van der Waals surface area contributed by atoms with Crippen LogP contribution in [0.1, 0.15) is 41.4 Å². The maximum atomic E-state index is 12.0. The molecule has 2 N–H and O–H groups in total. The highest BCUT2D eigenvalue weighted by atomic mass is 16.5. The normalized spacial score (nSPS) is 12.7. The van der Waals surface area contributed by atoms with E-state index >= 15 is 0 Å². The van der Waals surface area contributed by atoms with Crippen molar-refractivity contribution >= 4 is 17.6 Å². The number of H-pyrrole nitrogens is 1. The van der Waals surface area contributed by atoms with Crippen LogP contribution in [0.25, 0.3) is 0 Å². The number of nitrogens with one attached hydrogen (secondary N) is 2. The predicted octanol–water partition coefficient (Wildman–Crippen LogP) is 2.57. The third-order valence-electron chi connectivity index (χ3n) is 3.74. The van der Waals surface area contributed by atoms with Gasteiger partial charge in [-0.05, 0) is 43.9 Å². The predicted molar refractivity (Wildman–Crippen MR) is 87.2 cm³/mol. The summed E-state index contributed by atoms with van der Waals surface area (Å²) >= 11 is 0. The van der Waals surface area contributed by atoms with E-state index in [0.717, 1.165) is 36.9 Å². The number of anilines is 2. The van der Waals surface area contributed by atoms with Gasteiger partial charge in [0.1, 0.15) is 0 Å². The van der Waals surface area contributed by atoms with Crippen molar-refractivity contribution in [2.75, 3.05) is 11.9 Å². The highest BCUT2D eigenvalue weighted by Crippen LogP contribution is 2.19.